The molecule has 0 saturated carbocycles. The molecule has 112 valence electrons. The van der Waals surface area contributed by atoms with E-state index in [0.717, 1.165) is 18.7 Å². The minimum atomic E-state index is 0.461. The number of halogens is 2. The van der Waals surface area contributed by atoms with E-state index in [1.54, 1.807) is 0 Å². The number of likely N-dealkylation sites (N-methyl/N-ethyl adjacent to an activating group) is 1. The first-order valence-corrected chi connectivity index (χ1v) is 8.39. The van der Waals surface area contributed by atoms with Crippen LogP contribution in [0.4, 0.5) is 0 Å². The third-order valence-corrected chi connectivity index (χ3v) is 5.14. The molecule has 20 heavy (non-hydrogen) atoms. The summed E-state index contributed by atoms with van der Waals surface area (Å²) >= 11 is 13.3. The summed E-state index contributed by atoms with van der Waals surface area (Å²) in [6, 6.07) is 2.40. The van der Waals surface area contributed by atoms with E-state index < -0.39 is 0 Å². The van der Waals surface area contributed by atoms with Crippen LogP contribution >= 0.6 is 34.5 Å². The summed E-state index contributed by atoms with van der Waals surface area (Å²) in [7, 11) is 0. The smallest absolute Gasteiger partial charge is 0.188 e. The van der Waals surface area contributed by atoms with Crippen molar-refractivity contribution in [2.24, 2.45) is 10.7 Å². The molecular formula is C13H20Cl2N4S. The molecule has 1 saturated heterocycles. The summed E-state index contributed by atoms with van der Waals surface area (Å²) in [6.07, 6.45) is 2.49. The fraction of sp³-hybridized carbons (Fsp3) is 0.615. The van der Waals surface area contributed by atoms with Crippen molar-refractivity contribution in [3.05, 3.63) is 20.3 Å². The van der Waals surface area contributed by atoms with Gasteiger partial charge in [-0.1, -0.05) is 30.1 Å². The van der Waals surface area contributed by atoms with Gasteiger partial charge in [0.2, 0.25) is 0 Å². The van der Waals surface area contributed by atoms with Gasteiger partial charge in [-0.25, -0.2) is 4.99 Å². The third-order valence-electron chi connectivity index (χ3n) is 3.57. The highest BCUT2D eigenvalue weighted by Gasteiger charge is 2.22. The Labute approximate surface area is 134 Å². The molecule has 1 aromatic heterocycles. The summed E-state index contributed by atoms with van der Waals surface area (Å²) in [4.78, 5) is 6.78. The van der Waals surface area contributed by atoms with Crippen molar-refractivity contribution in [1.82, 2.24) is 10.2 Å². The first-order chi connectivity index (χ1) is 9.60. The van der Waals surface area contributed by atoms with Crippen molar-refractivity contribution < 1.29 is 0 Å². The third kappa shape index (κ3) is 4.25. The second kappa shape index (κ2) is 7.50. The molecule has 0 aromatic carbocycles. The van der Waals surface area contributed by atoms with E-state index in [9.17, 15) is 0 Å². The van der Waals surface area contributed by atoms with Crippen LogP contribution in [-0.4, -0.2) is 36.5 Å². The molecule has 0 amide bonds. The van der Waals surface area contributed by atoms with Gasteiger partial charge in [0, 0.05) is 18.2 Å². The normalized spacial score (nSPS) is 20.6. The number of aliphatic imine (C=N–C) groups is 1. The van der Waals surface area contributed by atoms with E-state index in [1.807, 2.05) is 6.07 Å². The van der Waals surface area contributed by atoms with E-state index in [-0.39, 0.29) is 0 Å². The molecule has 1 aliphatic rings. The first kappa shape index (κ1) is 15.9. The summed E-state index contributed by atoms with van der Waals surface area (Å²) in [5, 5.41) is 3.20. The van der Waals surface area contributed by atoms with Crippen LogP contribution < -0.4 is 11.1 Å². The predicted octanol–water partition coefficient (Wildman–Crippen LogP) is 2.94. The van der Waals surface area contributed by atoms with E-state index in [4.69, 9.17) is 28.9 Å². The molecule has 0 bridgehead atoms. The summed E-state index contributed by atoms with van der Waals surface area (Å²) in [5.74, 6) is 0.464. The summed E-state index contributed by atoms with van der Waals surface area (Å²) < 4.78 is 1.36. The van der Waals surface area contributed by atoms with Gasteiger partial charge in [-0.15, -0.1) is 11.3 Å². The average molecular weight is 335 g/mol. The molecule has 1 unspecified atom stereocenters. The maximum atomic E-state index is 6.04. The van der Waals surface area contributed by atoms with Crippen LogP contribution in [0.3, 0.4) is 0 Å². The zero-order valence-corrected chi connectivity index (χ0v) is 13.9. The van der Waals surface area contributed by atoms with Crippen molar-refractivity contribution >= 4 is 40.5 Å². The van der Waals surface area contributed by atoms with Crippen molar-refractivity contribution in [1.29, 1.82) is 0 Å². The molecule has 2 heterocycles. The summed E-state index contributed by atoms with van der Waals surface area (Å²) in [5.41, 5.74) is 6.81. The van der Waals surface area contributed by atoms with Crippen LogP contribution in [0.15, 0.2) is 11.1 Å². The van der Waals surface area contributed by atoms with E-state index in [2.05, 4.69) is 22.1 Å². The number of nitrogens with zero attached hydrogens (tertiary/aromatic N) is 2. The Bertz CT molecular complexity index is 475. The number of rotatable bonds is 5. The molecule has 1 aromatic rings. The largest absolute Gasteiger partial charge is 0.370 e. The number of likely N-dealkylation sites (tertiary alicyclic amines) is 1. The molecule has 4 nitrogen and oxygen atoms in total. The van der Waals surface area contributed by atoms with Crippen molar-refractivity contribution in [2.45, 2.75) is 32.4 Å². The van der Waals surface area contributed by atoms with Gasteiger partial charge in [-0.05, 0) is 32.0 Å². The zero-order valence-electron chi connectivity index (χ0n) is 11.5. The van der Waals surface area contributed by atoms with Crippen LogP contribution in [0.25, 0.3) is 0 Å². The highest BCUT2D eigenvalue weighted by molar-refractivity contribution is 7.20. The highest BCUT2D eigenvalue weighted by atomic mass is 35.5. The van der Waals surface area contributed by atoms with Crippen molar-refractivity contribution in [3.8, 4) is 0 Å². The van der Waals surface area contributed by atoms with E-state index in [0.29, 0.717) is 27.2 Å². The van der Waals surface area contributed by atoms with Crippen LogP contribution in [-0.2, 0) is 6.54 Å². The maximum Gasteiger partial charge on any atom is 0.188 e. The molecule has 1 aliphatic heterocycles. The van der Waals surface area contributed by atoms with Gasteiger partial charge < -0.3 is 11.1 Å². The Kier molecular flexibility index (Phi) is 5.96. The van der Waals surface area contributed by atoms with Gasteiger partial charge in [0.15, 0.2) is 5.96 Å². The fourth-order valence-corrected chi connectivity index (χ4v) is 3.95. The van der Waals surface area contributed by atoms with Gasteiger partial charge in [0.1, 0.15) is 0 Å². The molecule has 0 radical (unpaired) electrons. The first-order valence-electron chi connectivity index (χ1n) is 6.81. The van der Waals surface area contributed by atoms with Gasteiger partial charge >= 0.3 is 0 Å². The molecular weight excluding hydrogens is 315 g/mol. The lowest BCUT2D eigenvalue weighted by Gasteiger charge is -2.23. The molecule has 1 atom stereocenters. The standard InChI is InChI=1S/C13H20Cl2N4S/c1-2-19-5-3-4-10(19)8-18-13(16)17-7-9-6-11(14)20-12(9)15/h6,10H,2-5,7-8H2,1H3,(H3,16,17,18). The fourth-order valence-electron chi connectivity index (χ4n) is 2.47. The minimum Gasteiger partial charge on any atom is -0.370 e. The average Bonchev–Trinajstić information content (AvgIpc) is 2.99. The van der Waals surface area contributed by atoms with Crippen LogP contribution in [0, 0.1) is 0 Å². The van der Waals surface area contributed by atoms with Crippen LogP contribution in [0.1, 0.15) is 25.3 Å². The minimum absolute atomic E-state index is 0.461. The zero-order chi connectivity index (χ0) is 14.5. The van der Waals surface area contributed by atoms with Crippen LogP contribution in [0.2, 0.25) is 8.67 Å². The van der Waals surface area contributed by atoms with Crippen molar-refractivity contribution in [2.75, 3.05) is 19.6 Å². The van der Waals surface area contributed by atoms with Gasteiger partial charge in [-0.2, -0.15) is 0 Å². The molecule has 2 rings (SSSR count). The number of hydrogen-bond acceptors (Lipinski definition) is 3. The lowest BCUT2D eigenvalue weighted by Crippen LogP contribution is -2.42. The van der Waals surface area contributed by atoms with Crippen LogP contribution in [0.5, 0.6) is 0 Å². The Morgan fingerprint density at radius 3 is 3.05 bits per heavy atom. The Morgan fingerprint density at radius 1 is 1.60 bits per heavy atom. The Balaban J connectivity index is 1.81. The quantitative estimate of drug-likeness (QED) is 0.643. The van der Waals surface area contributed by atoms with Gasteiger partial charge in [-0.3, -0.25) is 4.90 Å². The molecule has 3 N–H and O–H groups in total. The molecule has 0 aliphatic carbocycles. The summed E-state index contributed by atoms with van der Waals surface area (Å²) in [6.45, 7) is 5.78. The van der Waals surface area contributed by atoms with Gasteiger partial charge in [0.25, 0.3) is 0 Å². The van der Waals surface area contributed by atoms with E-state index in [1.165, 1.54) is 30.7 Å². The molecule has 7 heteroatoms. The number of guanidine groups is 1. The van der Waals surface area contributed by atoms with Crippen molar-refractivity contribution in [3.63, 3.8) is 0 Å². The molecule has 1 fully saturated rings. The number of nitrogens with one attached hydrogen (secondary N) is 1. The Hall–Kier alpha value is -0.490. The maximum absolute atomic E-state index is 6.04. The lowest BCUT2D eigenvalue weighted by atomic mass is 10.2. The number of thiophene rings is 1. The number of nitrogens with two attached hydrogens (primary N) is 1. The monoisotopic (exact) mass is 334 g/mol. The predicted molar refractivity (Wildman–Crippen MR) is 87.9 cm³/mol. The lowest BCUT2D eigenvalue weighted by molar-refractivity contribution is 0.267. The second-order valence-electron chi connectivity index (χ2n) is 4.86. The number of hydrogen-bond donors (Lipinski definition) is 2. The topological polar surface area (TPSA) is 53.6 Å². The highest BCUT2D eigenvalue weighted by Crippen LogP contribution is 2.31. The second-order valence-corrected chi connectivity index (χ2v) is 7.14. The SMILES string of the molecule is CCN1CCCC1CNC(N)=NCc1cc(Cl)sc1Cl. The van der Waals surface area contributed by atoms with E-state index >= 15 is 0 Å². The Morgan fingerprint density at radius 2 is 2.40 bits per heavy atom. The molecule has 0 spiro atoms. The van der Waals surface area contributed by atoms with Gasteiger partial charge in [0.05, 0.1) is 15.2 Å².